The minimum Gasteiger partial charge on any atom is -0.355 e. The van der Waals surface area contributed by atoms with E-state index in [1.54, 1.807) is 0 Å². The second kappa shape index (κ2) is 9.55. The van der Waals surface area contributed by atoms with Gasteiger partial charge in [0, 0.05) is 19.5 Å². The highest BCUT2D eigenvalue weighted by Crippen LogP contribution is 2.22. The van der Waals surface area contributed by atoms with E-state index in [-0.39, 0.29) is 24.9 Å². The number of nitrogens with one attached hydrogen (secondary N) is 3. The van der Waals surface area contributed by atoms with Crippen molar-refractivity contribution in [1.82, 2.24) is 15.4 Å². The molecule has 0 radical (unpaired) electrons. The lowest BCUT2D eigenvalue weighted by Gasteiger charge is -2.28. The Kier molecular flexibility index (Phi) is 9.37. The van der Waals surface area contributed by atoms with Gasteiger partial charge in [-0.25, -0.2) is 13.1 Å². The molecule has 0 bridgehead atoms. The van der Waals surface area contributed by atoms with Crippen molar-refractivity contribution in [2.24, 2.45) is 11.8 Å². The van der Waals surface area contributed by atoms with E-state index in [1.807, 2.05) is 0 Å². The van der Waals surface area contributed by atoms with Crippen LogP contribution in [0.1, 0.15) is 26.2 Å². The molecule has 1 aliphatic heterocycles. The largest absolute Gasteiger partial charge is 0.355 e. The summed E-state index contributed by atoms with van der Waals surface area (Å²) in [7, 11) is -3.17. The summed E-state index contributed by atoms with van der Waals surface area (Å²) in [5.74, 6) is 0.915. The van der Waals surface area contributed by atoms with Crippen LogP contribution in [0.3, 0.4) is 0 Å². The quantitative estimate of drug-likeness (QED) is 0.579. The van der Waals surface area contributed by atoms with Gasteiger partial charge >= 0.3 is 0 Å². The lowest BCUT2D eigenvalue weighted by molar-refractivity contribution is -0.122. The van der Waals surface area contributed by atoms with Crippen LogP contribution in [-0.4, -0.2) is 46.8 Å². The van der Waals surface area contributed by atoms with Gasteiger partial charge in [-0.05, 0) is 37.8 Å². The van der Waals surface area contributed by atoms with Gasteiger partial charge in [-0.2, -0.15) is 0 Å². The predicted octanol–water partition coefficient (Wildman–Crippen LogP) is 0.0994. The van der Waals surface area contributed by atoms with Crippen molar-refractivity contribution in [3.63, 3.8) is 0 Å². The number of amides is 1. The molecule has 0 aromatic carbocycles. The van der Waals surface area contributed by atoms with Gasteiger partial charge in [0.1, 0.15) is 0 Å². The molecule has 1 fully saturated rings. The molecule has 2 unspecified atom stereocenters. The highest BCUT2D eigenvalue weighted by atomic mass is 35.5. The Morgan fingerprint density at radius 3 is 2.65 bits per heavy atom. The van der Waals surface area contributed by atoms with E-state index in [1.165, 1.54) is 12.8 Å². The van der Waals surface area contributed by atoms with Gasteiger partial charge in [0.2, 0.25) is 15.9 Å². The SMILES string of the molecule is CC(CC(=O)NCCNS(C)(=O)=O)C1CCCNC1.Cl. The molecule has 1 heterocycles. The lowest BCUT2D eigenvalue weighted by atomic mass is 9.85. The smallest absolute Gasteiger partial charge is 0.220 e. The lowest BCUT2D eigenvalue weighted by Crippen LogP contribution is -2.37. The van der Waals surface area contributed by atoms with Crippen LogP contribution in [0.4, 0.5) is 0 Å². The first-order chi connectivity index (χ1) is 8.88. The van der Waals surface area contributed by atoms with Gasteiger partial charge in [0.25, 0.3) is 0 Å². The Bertz CT molecular complexity index is 383. The molecular formula is C12H26ClN3O3S. The Hall–Kier alpha value is -0.370. The zero-order valence-electron chi connectivity index (χ0n) is 12.1. The highest BCUT2D eigenvalue weighted by molar-refractivity contribution is 7.88. The van der Waals surface area contributed by atoms with Crippen molar-refractivity contribution in [3.8, 4) is 0 Å². The summed E-state index contributed by atoms with van der Waals surface area (Å²) in [6.45, 7) is 4.74. The van der Waals surface area contributed by atoms with Crippen molar-refractivity contribution in [2.75, 3.05) is 32.4 Å². The Balaban J connectivity index is 0.00000361. The topological polar surface area (TPSA) is 87.3 Å². The fourth-order valence-corrected chi connectivity index (χ4v) is 2.81. The summed E-state index contributed by atoms with van der Waals surface area (Å²) in [6.07, 6.45) is 3.96. The van der Waals surface area contributed by atoms with Crippen molar-refractivity contribution in [1.29, 1.82) is 0 Å². The molecule has 1 amide bonds. The zero-order valence-corrected chi connectivity index (χ0v) is 13.8. The van der Waals surface area contributed by atoms with Crippen molar-refractivity contribution in [3.05, 3.63) is 0 Å². The normalized spacial score (nSPS) is 20.8. The van der Waals surface area contributed by atoms with Gasteiger partial charge in [0.15, 0.2) is 0 Å². The van der Waals surface area contributed by atoms with E-state index in [2.05, 4.69) is 22.3 Å². The summed E-state index contributed by atoms with van der Waals surface area (Å²) >= 11 is 0. The second-order valence-electron chi connectivity index (χ2n) is 5.30. The molecular weight excluding hydrogens is 302 g/mol. The number of rotatable bonds is 7. The maximum Gasteiger partial charge on any atom is 0.220 e. The van der Waals surface area contributed by atoms with Gasteiger partial charge in [0.05, 0.1) is 6.26 Å². The number of hydrogen-bond acceptors (Lipinski definition) is 4. The fourth-order valence-electron chi connectivity index (χ4n) is 2.33. The molecule has 20 heavy (non-hydrogen) atoms. The monoisotopic (exact) mass is 327 g/mol. The number of carbonyl (C=O) groups is 1. The molecule has 8 heteroatoms. The molecule has 1 rings (SSSR count). The van der Waals surface area contributed by atoms with Crippen LogP contribution < -0.4 is 15.4 Å². The van der Waals surface area contributed by atoms with Crippen LogP contribution in [0.25, 0.3) is 0 Å². The van der Waals surface area contributed by atoms with Gasteiger partial charge in [-0.15, -0.1) is 12.4 Å². The standard InChI is InChI=1S/C12H25N3O3S.ClH/c1-10(11-4-3-5-13-9-11)8-12(16)14-6-7-15-19(2,17)18;/h10-11,13,15H,3-9H2,1-2H3,(H,14,16);1H. The summed E-state index contributed by atoms with van der Waals surface area (Å²) in [5, 5.41) is 6.09. The van der Waals surface area contributed by atoms with Crippen LogP contribution in [0.5, 0.6) is 0 Å². The van der Waals surface area contributed by atoms with E-state index >= 15 is 0 Å². The number of piperidine rings is 1. The Morgan fingerprint density at radius 2 is 2.10 bits per heavy atom. The average Bonchev–Trinajstić information content (AvgIpc) is 2.34. The third kappa shape index (κ3) is 8.73. The number of sulfonamides is 1. The first-order valence-corrected chi connectivity index (χ1v) is 8.69. The third-order valence-corrected chi connectivity index (χ3v) is 4.19. The van der Waals surface area contributed by atoms with Crippen molar-refractivity contribution < 1.29 is 13.2 Å². The number of halogens is 1. The van der Waals surface area contributed by atoms with E-state index in [4.69, 9.17) is 0 Å². The molecule has 3 N–H and O–H groups in total. The maximum absolute atomic E-state index is 11.7. The minimum absolute atomic E-state index is 0. The van der Waals surface area contributed by atoms with E-state index in [9.17, 15) is 13.2 Å². The predicted molar refractivity (Wildman–Crippen MR) is 82.5 cm³/mol. The van der Waals surface area contributed by atoms with Gasteiger partial charge < -0.3 is 10.6 Å². The molecule has 0 aromatic heterocycles. The number of carbonyl (C=O) groups excluding carboxylic acids is 1. The molecule has 0 aliphatic carbocycles. The van der Waals surface area contributed by atoms with Crippen molar-refractivity contribution >= 4 is 28.3 Å². The first kappa shape index (κ1) is 19.6. The summed E-state index contributed by atoms with van der Waals surface area (Å²) in [6, 6.07) is 0. The Morgan fingerprint density at radius 1 is 1.40 bits per heavy atom. The Labute approximate surface area is 127 Å². The third-order valence-electron chi connectivity index (χ3n) is 3.46. The van der Waals surface area contributed by atoms with E-state index < -0.39 is 10.0 Å². The van der Waals surface area contributed by atoms with Crippen molar-refractivity contribution in [2.45, 2.75) is 26.2 Å². The van der Waals surface area contributed by atoms with Crippen LogP contribution >= 0.6 is 12.4 Å². The zero-order chi connectivity index (χ0) is 14.3. The molecule has 2 atom stereocenters. The van der Waals surface area contributed by atoms with Crippen LogP contribution in [-0.2, 0) is 14.8 Å². The summed E-state index contributed by atoms with van der Waals surface area (Å²) in [4.78, 5) is 11.7. The molecule has 0 saturated carbocycles. The fraction of sp³-hybridized carbons (Fsp3) is 0.917. The molecule has 0 aromatic rings. The summed E-state index contributed by atoms with van der Waals surface area (Å²) in [5.41, 5.74) is 0. The van der Waals surface area contributed by atoms with E-state index in [0.29, 0.717) is 24.8 Å². The highest BCUT2D eigenvalue weighted by Gasteiger charge is 2.21. The van der Waals surface area contributed by atoms with Gasteiger partial charge in [-0.1, -0.05) is 6.92 Å². The second-order valence-corrected chi connectivity index (χ2v) is 7.14. The molecule has 6 nitrogen and oxygen atoms in total. The first-order valence-electron chi connectivity index (χ1n) is 6.80. The van der Waals surface area contributed by atoms with Crippen LogP contribution in [0.2, 0.25) is 0 Å². The maximum atomic E-state index is 11.7. The van der Waals surface area contributed by atoms with Gasteiger partial charge in [-0.3, -0.25) is 4.79 Å². The van der Waals surface area contributed by atoms with E-state index in [0.717, 1.165) is 19.3 Å². The molecule has 1 aliphatic rings. The summed E-state index contributed by atoms with van der Waals surface area (Å²) < 4.78 is 24.0. The molecule has 120 valence electrons. The average molecular weight is 328 g/mol. The molecule has 1 saturated heterocycles. The minimum atomic E-state index is -3.17. The van der Waals surface area contributed by atoms with Crippen LogP contribution in [0.15, 0.2) is 0 Å². The number of hydrogen-bond donors (Lipinski definition) is 3. The van der Waals surface area contributed by atoms with Crippen LogP contribution in [0, 0.1) is 11.8 Å². The molecule has 0 spiro atoms.